The van der Waals surface area contributed by atoms with Crippen LogP contribution >= 0.6 is 0 Å². The third kappa shape index (κ3) is 18.6. The molecule has 0 aliphatic carbocycles. The standard InChI is InChI=1S/C16H31NO6/c1-14(2)22-13-12-21-11-10-20-9-8-19-7-6-17-15(18)23-16(3,4)5/h1,6-13H2,2-5H3,(H,17,18). The Morgan fingerprint density at radius 2 is 1.39 bits per heavy atom. The number of hydrogen-bond acceptors (Lipinski definition) is 6. The largest absolute Gasteiger partial charge is 0.496 e. The topological polar surface area (TPSA) is 75.3 Å². The summed E-state index contributed by atoms with van der Waals surface area (Å²) >= 11 is 0. The predicted molar refractivity (Wildman–Crippen MR) is 87.5 cm³/mol. The SMILES string of the molecule is C=C(C)OCCOCCOCCOCCNC(=O)OC(C)(C)C. The lowest BCUT2D eigenvalue weighted by atomic mass is 10.2. The van der Waals surface area contributed by atoms with E-state index in [0.29, 0.717) is 58.6 Å². The molecule has 0 aliphatic rings. The molecule has 136 valence electrons. The summed E-state index contributed by atoms with van der Waals surface area (Å²) in [6, 6.07) is 0. The van der Waals surface area contributed by atoms with Crippen molar-refractivity contribution in [2.75, 3.05) is 52.8 Å². The molecule has 0 unspecified atom stereocenters. The Balaban J connectivity index is 3.19. The van der Waals surface area contributed by atoms with E-state index in [-0.39, 0.29) is 0 Å². The van der Waals surface area contributed by atoms with Crippen LogP contribution in [0.15, 0.2) is 12.3 Å². The van der Waals surface area contributed by atoms with Gasteiger partial charge in [-0.15, -0.1) is 0 Å². The maximum Gasteiger partial charge on any atom is 0.407 e. The molecule has 0 rings (SSSR count). The first-order valence-corrected chi connectivity index (χ1v) is 7.79. The number of allylic oxidation sites excluding steroid dienone is 1. The molecule has 0 bridgehead atoms. The van der Waals surface area contributed by atoms with E-state index in [1.807, 2.05) is 20.8 Å². The molecule has 0 aromatic heterocycles. The number of amides is 1. The number of rotatable bonds is 13. The normalized spacial score (nSPS) is 11.1. The Hall–Kier alpha value is -1.31. The molecular formula is C16H31NO6. The summed E-state index contributed by atoms with van der Waals surface area (Å²) in [5.41, 5.74) is -0.489. The zero-order valence-corrected chi connectivity index (χ0v) is 14.8. The first kappa shape index (κ1) is 21.7. The highest BCUT2D eigenvalue weighted by atomic mass is 16.6. The van der Waals surface area contributed by atoms with Gasteiger partial charge < -0.3 is 29.0 Å². The number of hydrogen-bond donors (Lipinski definition) is 1. The van der Waals surface area contributed by atoms with E-state index in [9.17, 15) is 4.79 Å². The maximum atomic E-state index is 11.3. The summed E-state index contributed by atoms with van der Waals surface area (Å²) in [5, 5.41) is 2.61. The third-order valence-corrected chi connectivity index (χ3v) is 2.23. The molecule has 7 heteroatoms. The van der Waals surface area contributed by atoms with Crippen molar-refractivity contribution >= 4 is 6.09 Å². The zero-order chi connectivity index (χ0) is 17.6. The highest BCUT2D eigenvalue weighted by Crippen LogP contribution is 2.05. The van der Waals surface area contributed by atoms with Crippen LogP contribution in [0, 0.1) is 0 Å². The van der Waals surface area contributed by atoms with Crippen molar-refractivity contribution in [3.63, 3.8) is 0 Å². The van der Waals surface area contributed by atoms with Gasteiger partial charge in [-0.2, -0.15) is 0 Å². The van der Waals surface area contributed by atoms with E-state index in [1.165, 1.54) is 0 Å². The summed E-state index contributed by atoms with van der Waals surface area (Å²) in [4.78, 5) is 11.3. The van der Waals surface area contributed by atoms with Gasteiger partial charge >= 0.3 is 6.09 Å². The van der Waals surface area contributed by atoms with Gasteiger partial charge in [0.1, 0.15) is 12.2 Å². The van der Waals surface area contributed by atoms with Gasteiger partial charge in [0.05, 0.1) is 45.4 Å². The molecule has 1 N–H and O–H groups in total. The van der Waals surface area contributed by atoms with Crippen molar-refractivity contribution in [2.24, 2.45) is 0 Å². The molecule has 0 fully saturated rings. The molecule has 0 aromatic rings. The Morgan fingerprint density at radius 1 is 0.913 bits per heavy atom. The average Bonchev–Trinajstić information content (AvgIpc) is 2.41. The molecule has 1 amide bonds. The van der Waals surface area contributed by atoms with Gasteiger partial charge in [-0.05, 0) is 27.7 Å². The smallest absolute Gasteiger partial charge is 0.407 e. The van der Waals surface area contributed by atoms with Crippen molar-refractivity contribution in [2.45, 2.75) is 33.3 Å². The Bertz CT molecular complexity index is 327. The molecule has 0 heterocycles. The van der Waals surface area contributed by atoms with Crippen molar-refractivity contribution in [1.82, 2.24) is 5.32 Å². The fraction of sp³-hybridized carbons (Fsp3) is 0.812. The lowest BCUT2D eigenvalue weighted by Gasteiger charge is -2.19. The Labute approximate surface area is 139 Å². The van der Waals surface area contributed by atoms with Crippen molar-refractivity contribution in [3.8, 4) is 0 Å². The van der Waals surface area contributed by atoms with Crippen LogP contribution in [0.1, 0.15) is 27.7 Å². The second-order valence-corrected chi connectivity index (χ2v) is 5.82. The molecule has 23 heavy (non-hydrogen) atoms. The van der Waals surface area contributed by atoms with Crippen molar-refractivity contribution in [1.29, 1.82) is 0 Å². The molecular weight excluding hydrogens is 302 g/mol. The zero-order valence-electron chi connectivity index (χ0n) is 14.8. The minimum Gasteiger partial charge on any atom is -0.496 e. The van der Waals surface area contributed by atoms with Crippen LogP contribution < -0.4 is 5.32 Å². The summed E-state index contributed by atoms with van der Waals surface area (Å²) in [5.74, 6) is 0.683. The van der Waals surface area contributed by atoms with Crippen LogP contribution in [0.2, 0.25) is 0 Å². The molecule has 0 atom stereocenters. The molecule has 0 aromatic carbocycles. The minimum atomic E-state index is -0.489. The molecule has 0 radical (unpaired) electrons. The van der Waals surface area contributed by atoms with Crippen molar-refractivity contribution < 1.29 is 28.5 Å². The van der Waals surface area contributed by atoms with Crippen LogP contribution in [0.4, 0.5) is 4.79 Å². The number of carbonyl (C=O) groups is 1. The Kier molecular flexibility index (Phi) is 12.4. The van der Waals surface area contributed by atoms with Gasteiger partial charge in [0.15, 0.2) is 0 Å². The molecule has 0 saturated heterocycles. The van der Waals surface area contributed by atoms with Crippen molar-refractivity contribution in [3.05, 3.63) is 12.3 Å². The van der Waals surface area contributed by atoms with E-state index in [0.717, 1.165) is 0 Å². The first-order valence-electron chi connectivity index (χ1n) is 7.79. The molecule has 0 aliphatic heterocycles. The second kappa shape index (κ2) is 13.2. The summed E-state index contributed by atoms with van der Waals surface area (Å²) in [6.07, 6.45) is -0.440. The van der Waals surface area contributed by atoms with Crippen LogP contribution in [-0.4, -0.2) is 64.5 Å². The first-order chi connectivity index (χ1) is 10.8. The van der Waals surface area contributed by atoms with Crippen LogP contribution in [-0.2, 0) is 23.7 Å². The summed E-state index contributed by atoms with van der Waals surface area (Å²) in [7, 11) is 0. The number of carbonyl (C=O) groups excluding carboxylic acids is 1. The van der Waals surface area contributed by atoms with Gasteiger partial charge in [-0.3, -0.25) is 0 Å². The molecule has 0 saturated carbocycles. The summed E-state index contributed by atoms with van der Waals surface area (Å²) < 4.78 is 26.2. The highest BCUT2D eigenvalue weighted by molar-refractivity contribution is 5.67. The van der Waals surface area contributed by atoms with Gasteiger partial charge in [-0.1, -0.05) is 6.58 Å². The van der Waals surface area contributed by atoms with Gasteiger partial charge in [0.2, 0.25) is 0 Å². The lowest BCUT2D eigenvalue weighted by molar-refractivity contribution is 0.00485. The monoisotopic (exact) mass is 333 g/mol. The lowest BCUT2D eigenvalue weighted by Crippen LogP contribution is -2.34. The van der Waals surface area contributed by atoms with E-state index in [1.54, 1.807) is 6.92 Å². The third-order valence-electron chi connectivity index (χ3n) is 2.23. The highest BCUT2D eigenvalue weighted by Gasteiger charge is 2.15. The van der Waals surface area contributed by atoms with Gasteiger partial charge in [-0.25, -0.2) is 4.79 Å². The predicted octanol–water partition coefficient (Wildman–Crippen LogP) is 2.11. The number of alkyl carbamates (subject to hydrolysis) is 1. The van der Waals surface area contributed by atoms with Gasteiger partial charge in [0.25, 0.3) is 0 Å². The minimum absolute atomic E-state index is 0.404. The number of ether oxygens (including phenoxy) is 5. The number of nitrogens with one attached hydrogen (secondary N) is 1. The van der Waals surface area contributed by atoms with E-state index in [2.05, 4.69) is 11.9 Å². The van der Waals surface area contributed by atoms with Crippen LogP contribution in [0.5, 0.6) is 0 Å². The maximum absolute atomic E-state index is 11.3. The van der Waals surface area contributed by atoms with Gasteiger partial charge in [0, 0.05) is 6.54 Å². The van der Waals surface area contributed by atoms with Crippen LogP contribution in [0.3, 0.4) is 0 Å². The van der Waals surface area contributed by atoms with Crippen LogP contribution in [0.25, 0.3) is 0 Å². The fourth-order valence-corrected chi connectivity index (χ4v) is 1.36. The average molecular weight is 333 g/mol. The molecule has 0 spiro atoms. The van der Waals surface area contributed by atoms with E-state index >= 15 is 0 Å². The fourth-order valence-electron chi connectivity index (χ4n) is 1.36. The van der Waals surface area contributed by atoms with E-state index < -0.39 is 11.7 Å². The summed E-state index contributed by atoms with van der Waals surface area (Å²) in [6.45, 7) is 14.7. The quantitative estimate of drug-likeness (QED) is 0.411. The Morgan fingerprint density at radius 3 is 1.87 bits per heavy atom. The second-order valence-electron chi connectivity index (χ2n) is 5.82. The molecule has 7 nitrogen and oxygen atoms in total. The van der Waals surface area contributed by atoms with E-state index in [4.69, 9.17) is 23.7 Å².